The van der Waals surface area contributed by atoms with Crippen molar-refractivity contribution in [2.45, 2.75) is 0 Å². The van der Waals surface area contributed by atoms with E-state index in [-0.39, 0.29) is 17.5 Å². The first-order valence-electron chi connectivity index (χ1n) is 3.96. The van der Waals surface area contributed by atoms with Gasteiger partial charge in [-0.3, -0.25) is 14.9 Å². The molecular weight excluding hydrogens is 218 g/mol. The van der Waals surface area contributed by atoms with Crippen LogP contribution in [0.5, 0.6) is 0 Å². The Labute approximate surface area is 90.4 Å². The number of carbonyl (C=O) groups excluding carboxylic acids is 2. The van der Waals surface area contributed by atoms with Crippen LogP contribution in [0.3, 0.4) is 0 Å². The molecule has 2 amide bonds. The Kier molecular flexibility index (Phi) is 3.75. The van der Waals surface area contributed by atoms with Crippen molar-refractivity contribution in [3.8, 4) is 0 Å². The highest BCUT2D eigenvalue weighted by atomic mass is 32.1. The summed E-state index contributed by atoms with van der Waals surface area (Å²) in [5.74, 6) is -1.45. The summed E-state index contributed by atoms with van der Waals surface area (Å²) >= 11 is 4.53. The molecule has 0 spiro atoms. The van der Waals surface area contributed by atoms with Gasteiger partial charge in [-0.1, -0.05) is 12.2 Å². The summed E-state index contributed by atoms with van der Waals surface area (Å²) in [7, 11) is 0. The Hall–Kier alpha value is -1.96. The maximum Gasteiger partial charge on any atom is 0.315 e. The number of H-pyrrole nitrogens is 1. The van der Waals surface area contributed by atoms with E-state index in [1.165, 1.54) is 12.4 Å². The number of aromatic amines is 1. The van der Waals surface area contributed by atoms with Crippen LogP contribution >= 0.6 is 12.2 Å². The minimum Gasteiger partial charge on any atom is -0.392 e. The molecule has 0 saturated heterocycles. The number of anilines is 1. The molecule has 15 heavy (non-hydrogen) atoms. The van der Waals surface area contributed by atoms with Crippen LogP contribution in [-0.2, 0) is 9.59 Å². The molecule has 8 heteroatoms. The van der Waals surface area contributed by atoms with Gasteiger partial charge in [-0.25, -0.2) is 4.98 Å². The standard InChI is InChI=1S/C7H9N5O2S/c8-4(15)3-11-5(13)6(14)12-7-9-1-2-10-7/h1-2H,3H2,(H2,8,15)(H,11,13)(H2,9,10,12,14). The number of amides is 2. The van der Waals surface area contributed by atoms with Gasteiger partial charge in [-0.2, -0.15) is 0 Å². The molecule has 0 aliphatic rings. The lowest BCUT2D eigenvalue weighted by Gasteiger charge is -2.02. The second-order valence-corrected chi connectivity index (χ2v) is 3.07. The predicted molar refractivity (Wildman–Crippen MR) is 57.0 cm³/mol. The molecule has 1 aromatic heterocycles. The molecule has 0 aromatic carbocycles. The molecular formula is C7H9N5O2S. The van der Waals surface area contributed by atoms with Gasteiger partial charge in [0.1, 0.15) is 0 Å². The Balaban J connectivity index is 2.40. The fourth-order valence-corrected chi connectivity index (χ4v) is 0.818. The molecule has 0 fully saturated rings. The van der Waals surface area contributed by atoms with Crippen molar-refractivity contribution in [1.82, 2.24) is 15.3 Å². The minimum atomic E-state index is -0.832. The number of nitrogens with one attached hydrogen (secondary N) is 3. The minimum absolute atomic E-state index is 0.0141. The second kappa shape index (κ2) is 5.05. The highest BCUT2D eigenvalue weighted by Crippen LogP contribution is 1.93. The zero-order valence-electron chi connectivity index (χ0n) is 7.61. The predicted octanol–water partition coefficient (Wildman–Crippen LogP) is -1.25. The first-order valence-corrected chi connectivity index (χ1v) is 4.37. The van der Waals surface area contributed by atoms with Gasteiger partial charge >= 0.3 is 11.8 Å². The average Bonchev–Trinajstić information content (AvgIpc) is 2.66. The average molecular weight is 227 g/mol. The summed E-state index contributed by atoms with van der Waals surface area (Å²) in [6.07, 6.45) is 2.96. The summed E-state index contributed by atoms with van der Waals surface area (Å²) in [4.78, 5) is 28.7. The van der Waals surface area contributed by atoms with Gasteiger partial charge in [-0.05, 0) is 0 Å². The van der Waals surface area contributed by atoms with Crippen LogP contribution in [0.2, 0.25) is 0 Å². The summed E-state index contributed by atoms with van der Waals surface area (Å²) in [5.41, 5.74) is 5.14. The Bertz CT molecular complexity index is 375. The third-order valence-corrected chi connectivity index (χ3v) is 1.50. The van der Waals surface area contributed by atoms with Crippen LogP contribution in [0, 0.1) is 0 Å². The van der Waals surface area contributed by atoms with Crippen LogP contribution < -0.4 is 16.4 Å². The highest BCUT2D eigenvalue weighted by molar-refractivity contribution is 7.80. The molecule has 0 aliphatic heterocycles. The monoisotopic (exact) mass is 227 g/mol. The van der Waals surface area contributed by atoms with E-state index in [9.17, 15) is 9.59 Å². The smallest absolute Gasteiger partial charge is 0.315 e. The first kappa shape index (κ1) is 11.1. The summed E-state index contributed by atoms with van der Waals surface area (Å²) < 4.78 is 0. The third kappa shape index (κ3) is 3.73. The molecule has 0 aliphatic carbocycles. The molecule has 0 radical (unpaired) electrons. The normalized spacial score (nSPS) is 9.33. The highest BCUT2D eigenvalue weighted by Gasteiger charge is 2.13. The van der Waals surface area contributed by atoms with Gasteiger partial charge < -0.3 is 16.0 Å². The van der Waals surface area contributed by atoms with Crippen LogP contribution in [0.15, 0.2) is 12.4 Å². The largest absolute Gasteiger partial charge is 0.392 e. The first-order chi connectivity index (χ1) is 7.09. The van der Waals surface area contributed by atoms with Gasteiger partial charge in [0.15, 0.2) is 0 Å². The lowest BCUT2D eigenvalue weighted by atomic mass is 10.5. The van der Waals surface area contributed by atoms with Crippen molar-refractivity contribution < 1.29 is 9.59 Å². The number of imidazole rings is 1. The Morgan fingerprint density at radius 2 is 2.27 bits per heavy atom. The van der Waals surface area contributed by atoms with Crippen molar-refractivity contribution in [3.63, 3.8) is 0 Å². The fourth-order valence-electron chi connectivity index (χ4n) is 0.746. The lowest BCUT2D eigenvalue weighted by Crippen LogP contribution is -2.39. The van der Waals surface area contributed by atoms with E-state index in [0.717, 1.165) is 0 Å². The molecule has 7 nitrogen and oxygen atoms in total. The maximum absolute atomic E-state index is 11.2. The van der Waals surface area contributed by atoms with Crippen LogP contribution in [0.25, 0.3) is 0 Å². The quantitative estimate of drug-likeness (QED) is 0.380. The molecule has 0 saturated carbocycles. The summed E-state index contributed by atoms with van der Waals surface area (Å²) in [6, 6.07) is 0. The zero-order chi connectivity index (χ0) is 11.3. The SMILES string of the molecule is NC(=S)CNC(=O)C(=O)Nc1ncc[nH]1. The van der Waals surface area contributed by atoms with Crippen LogP contribution in [0.1, 0.15) is 0 Å². The van der Waals surface area contributed by atoms with Crippen molar-refractivity contribution in [2.24, 2.45) is 5.73 Å². The molecule has 0 atom stereocenters. The number of carbonyl (C=O) groups is 2. The van der Waals surface area contributed by atoms with Crippen molar-refractivity contribution in [1.29, 1.82) is 0 Å². The Morgan fingerprint density at radius 1 is 1.53 bits per heavy atom. The molecule has 0 bridgehead atoms. The van der Waals surface area contributed by atoms with E-state index in [2.05, 4.69) is 32.8 Å². The van der Waals surface area contributed by atoms with Gasteiger partial charge in [0.25, 0.3) is 0 Å². The Morgan fingerprint density at radius 3 is 2.80 bits per heavy atom. The van der Waals surface area contributed by atoms with Gasteiger partial charge in [0, 0.05) is 12.4 Å². The lowest BCUT2D eigenvalue weighted by molar-refractivity contribution is -0.136. The van der Waals surface area contributed by atoms with Gasteiger partial charge in [-0.15, -0.1) is 0 Å². The third-order valence-electron chi connectivity index (χ3n) is 1.36. The molecule has 1 heterocycles. The molecule has 1 aromatic rings. The number of hydrogen-bond acceptors (Lipinski definition) is 4. The van der Waals surface area contributed by atoms with Gasteiger partial charge in [0.05, 0.1) is 11.5 Å². The van der Waals surface area contributed by atoms with E-state index in [4.69, 9.17) is 5.73 Å². The van der Waals surface area contributed by atoms with Crippen molar-refractivity contribution in [2.75, 3.05) is 11.9 Å². The number of rotatable bonds is 3. The molecule has 5 N–H and O–H groups in total. The molecule has 80 valence electrons. The van der Waals surface area contributed by atoms with Gasteiger partial charge in [0.2, 0.25) is 5.95 Å². The zero-order valence-corrected chi connectivity index (χ0v) is 8.43. The van der Waals surface area contributed by atoms with Crippen molar-refractivity contribution in [3.05, 3.63) is 12.4 Å². The maximum atomic E-state index is 11.2. The number of hydrogen-bond donors (Lipinski definition) is 4. The number of nitrogens with two attached hydrogens (primary N) is 1. The van der Waals surface area contributed by atoms with E-state index in [0.29, 0.717) is 0 Å². The second-order valence-electron chi connectivity index (χ2n) is 2.54. The van der Waals surface area contributed by atoms with Crippen molar-refractivity contribution >= 4 is 35.0 Å². The topological polar surface area (TPSA) is 113 Å². The summed E-state index contributed by atoms with van der Waals surface area (Å²) in [6.45, 7) is -0.0141. The van der Waals surface area contributed by atoms with Crippen LogP contribution in [-0.4, -0.2) is 33.3 Å². The van der Waals surface area contributed by atoms with E-state index >= 15 is 0 Å². The number of nitrogens with zero attached hydrogens (tertiary/aromatic N) is 1. The van der Waals surface area contributed by atoms with E-state index in [1.807, 2.05) is 0 Å². The number of aromatic nitrogens is 2. The fraction of sp³-hybridized carbons (Fsp3) is 0.143. The molecule has 1 rings (SSSR count). The molecule has 0 unspecified atom stereocenters. The summed E-state index contributed by atoms with van der Waals surface area (Å²) in [5, 5.41) is 4.48. The number of thiocarbonyl (C=S) groups is 1. The van der Waals surface area contributed by atoms with Crippen LogP contribution in [0.4, 0.5) is 5.95 Å². The van der Waals surface area contributed by atoms with E-state index in [1.54, 1.807) is 0 Å². The van der Waals surface area contributed by atoms with E-state index < -0.39 is 11.8 Å².